The molecule has 1 unspecified atom stereocenters. The molecule has 2 aromatic heterocycles. The molecule has 100 valence electrons. The Labute approximate surface area is 111 Å². The summed E-state index contributed by atoms with van der Waals surface area (Å²) < 4.78 is 3.59. The minimum atomic E-state index is 0.0386. The van der Waals surface area contributed by atoms with Crippen LogP contribution in [-0.4, -0.2) is 14.3 Å². The van der Waals surface area contributed by atoms with E-state index < -0.39 is 0 Å². The van der Waals surface area contributed by atoms with Gasteiger partial charge in [0.05, 0.1) is 12.7 Å². The number of rotatable bonds is 2. The van der Waals surface area contributed by atoms with Crippen molar-refractivity contribution < 1.29 is 0 Å². The summed E-state index contributed by atoms with van der Waals surface area (Å²) in [5.41, 5.74) is 9.42. The highest BCUT2D eigenvalue weighted by Gasteiger charge is 2.20. The Kier molecular flexibility index (Phi) is 2.98. The molecule has 19 heavy (non-hydrogen) atoms. The minimum absolute atomic E-state index is 0.0386. The molecule has 0 spiro atoms. The van der Waals surface area contributed by atoms with E-state index in [2.05, 4.69) is 5.10 Å². The molecule has 0 amide bonds. The molecule has 0 aliphatic heterocycles. The first kappa shape index (κ1) is 12.2. The molecule has 5 heteroatoms. The summed E-state index contributed by atoms with van der Waals surface area (Å²) in [5, 5.41) is 4.15. The predicted molar refractivity (Wildman–Crippen MR) is 72.9 cm³/mol. The largest absolute Gasteiger partial charge is 0.324 e. The van der Waals surface area contributed by atoms with Crippen LogP contribution >= 0.6 is 0 Å². The monoisotopic (exact) mass is 258 g/mol. The van der Waals surface area contributed by atoms with E-state index in [1.165, 1.54) is 0 Å². The zero-order valence-corrected chi connectivity index (χ0v) is 11.0. The van der Waals surface area contributed by atoms with Crippen molar-refractivity contribution in [2.45, 2.75) is 31.8 Å². The van der Waals surface area contributed by atoms with Crippen molar-refractivity contribution in [1.29, 1.82) is 0 Å². The van der Waals surface area contributed by atoms with E-state index in [4.69, 9.17) is 5.73 Å². The van der Waals surface area contributed by atoms with Crippen LogP contribution in [0.2, 0.25) is 0 Å². The summed E-state index contributed by atoms with van der Waals surface area (Å²) in [6.45, 7) is 0.572. The van der Waals surface area contributed by atoms with Gasteiger partial charge in [0.15, 0.2) is 0 Å². The molecule has 1 atom stereocenters. The van der Waals surface area contributed by atoms with Crippen molar-refractivity contribution in [2.75, 3.05) is 0 Å². The Morgan fingerprint density at radius 1 is 1.47 bits per heavy atom. The van der Waals surface area contributed by atoms with E-state index in [1.807, 2.05) is 23.9 Å². The number of nitrogens with two attached hydrogens (primary N) is 1. The lowest BCUT2D eigenvalue weighted by Crippen LogP contribution is -2.29. The van der Waals surface area contributed by atoms with Crippen LogP contribution in [0.4, 0.5) is 0 Å². The molecule has 2 N–H and O–H groups in total. The molecule has 0 saturated heterocycles. The number of hydrogen-bond acceptors (Lipinski definition) is 3. The number of hydrogen-bond donors (Lipinski definition) is 1. The number of fused-ring (bicyclic) bond motifs is 1. The van der Waals surface area contributed by atoms with E-state index in [0.29, 0.717) is 6.54 Å². The maximum atomic E-state index is 12.1. The first-order valence-corrected chi connectivity index (χ1v) is 6.61. The molecular weight excluding hydrogens is 240 g/mol. The first-order chi connectivity index (χ1) is 9.15. The first-order valence-electron chi connectivity index (χ1n) is 6.61. The highest BCUT2D eigenvalue weighted by Crippen LogP contribution is 2.26. The molecule has 3 rings (SSSR count). The van der Waals surface area contributed by atoms with Gasteiger partial charge < -0.3 is 10.3 Å². The third kappa shape index (κ3) is 2.21. The summed E-state index contributed by atoms with van der Waals surface area (Å²) in [6.07, 6.45) is 6.71. The molecular formula is C14H18N4O. The van der Waals surface area contributed by atoms with Gasteiger partial charge in [-0.2, -0.15) is 5.10 Å². The highest BCUT2D eigenvalue weighted by atomic mass is 16.1. The zero-order chi connectivity index (χ0) is 13.4. The van der Waals surface area contributed by atoms with Gasteiger partial charge >= 0.3 is 0 Å². The molecule has 1 aliphatic rings. The van der Waals surface area contributed by atoms with Gasteiger partial charge in [0, 0.05) is 36.6 Å². The Morgan fingerprint density at radius 3 is 3.05 bits per heavy atom. The molecule has 0 fully saturated rings. The minimum Gasteiger partial charge on any atom is -0.324 e. The summed E-state index contributed by atoms with van der Waals surface area (Å²) in [6, 6.07) is 3.58. The average molecular weight is 258 g/mol. The molecule has 2 aromatic rings. The second-order valence-electron chi connectivity index (χ2n) is 5.18. The van der Waals surface area contributed by atoms with Crippen molar-refractivity contribution in [3.8, 4) is 0 Å². The van der Waals surface area contributed by atoms with Crippen LogP contribution in [0.15, 0.2) is 29.3 Å². The fraction of sp³-hybridized carbons (Fsp3) is 0.429. The van der Waals surface area contributed by atoms with Crippen molar-refractivity contribution in [3.63, 3.8) is 0 Å². The van der Waals surface area contributed by atoms with Crippen LogP contribution in [0.5, 0.6) is 0 Å². The van der Waals surface area contributed by atoms with Gasteiger partial charge in [-0.25, -0.2) is 0 Å². The number of aryl methyl sites for hydroxylation is 1. The molecule has 0 bridgehead atoms. The van der Waals surface area contributed by atoms with Gasteiger partial charge in [0.2, 0.25) is 0 Å². The predicted octanol–water partition coefficient (Wildman–Crippen LogP) is 0.966. The SMILES string of the molecule is Cn1cc(Cn2c3c(ccc2=O)C(N)CCC3)cn1. The van der Waals surface area contributed by atoms with Gasteiger partial charge in [-0.1, -0.05) is 6.07 Å². The standard InChI is InChI=1S/C14H18N4O/c1-17-8-10(7-16-17)9-18-13-4-2-3-12(15)11(13)5-6-14(18)19/h5-8,12H,2-4,9,15H2,1H3. The summed E-state index contributed by atoms with van der Waals surface area (Å²) >= 11 is 0. The van der Waals surface area contributed by atoms with E-state index >= 15 is 0 Å². The average Bonchev–Trinajstić information content (AvgIpc) is 2.79. The van der Waals surface area contributed by atoms with Gasteiger partial charge in [0.1, 0.15) is 0 Å². The summed E-state index contributed by atoms with van der Waals surface area (Å²) in [5.74, 6) is 0. The maximum Gasteiger partial charge on any atom is 0.251 e. The maximum absolute atomic E-state index is 12.1. The van der Waals surface area contributed by atoms with Crippen LogP contribution in [0, 0.1) is 0 Å². The fourth-order valence-electron chi connectivity index (χ4n) is 2.81. The summed E-state index contributed by atoms with van der Waals surface area (Å²) in [7, 11) is 1.88. The van der Waals surface area contributed by atoms with Crippen molar-refractivity contribution in [2.24, 2.45) is 12.8 Å². The van der Waals surface area contributed by atoms with E-state index in [1.54, 1.807) is 16.9 Å². The van der Waals surface area contributed by atoms with E-state index in [-0.39, 0.29) is 11.6 Å². The lowest BCUT2D eigenvalue weighted by molar-refractivity contribution is 0.529. The normalized spacial score (nSPS) is 18.3. The Morgan fingerprint density at radius 2 is 2.32 bits per heavy atom. The van der Waals surface area contributed by atoms with Gasteiger partial charge in [-0.3, -0.25) is 9.48 Å². The smallest absolute Gasteiger partial charge is 0.251 e. The molecule has 0 radical (unpaired) electrons. The molecule has 0 saturated carbocycles. The number of pyridine rings is 1. The van der Waals surface area contributed by atoms with Gasteiger partial charge in [-0.05, 0) is 24.8 Å². The van der Waals surface area contributed by atoms with Gasteiger partial charge in [-0.15, -0.1) is 0 Å². The quantitative estimate of drug-likeness (QED) is 0.872. The molecule has 5 nitrogen and oxygen atoms in total. The fourth-order valence-corrected chi connectivity index (χ4v) is 2.81. The van der Waals surface area contributed by atoms with Gasteiger partial charge in [0.25, 0.3) is 5.56 Å². The second-order valence-corrected chi connectivity index (χ2v) is 5.18. The zero-order valence-electron chi connectivity index (χ0n) is 11.0. The molecule has 1 aliphatic carbocycles. The topological polar surface area (TPSA) is 65.8 Å². The lowest BCUT2D eigenvalue weighted by atomic mass is 9.91. The van der Waals surface area contributed by atoms with Crippen LogP contribution in [-0.2, 0) is 20.0 Å². The second kappa shape index (κ2) is 4.66. The van der Waals surface area contributed by atoms with E-state index in [0.717, 1.165) is 36.1 Å². The number of nitrogens with zero attached hydrogens (tertiary/aromatic N) is 3. The Bertz CT molecular complexity index is 656. The number of aromatic nitrogens is 3. The highest BCUT2D eigenvalue weighted by molar-refractivity contribution is 5.28. The Balaban J connectivity index is 2.05. The van der Waals surface area contributed by atoms with Crippen LogP contribution in [0.1, 0.15) is 35.7 Å². The van der Waals surface area contributed by atoms with Crippen molar-refractivity contribution >= 4 is 0 Å². The van der Waals surface area contributed by atoms with Crippen molar-refractivity contribution in [1.82, 2.24) is 14.3 Å². The lowest BCUT2D eigenvalue weighted by Gasteiger charge is -2.25. The van der Waals surface area contributed by atoms with Crippen LogP contribution in [0.25, 0.3) is 0 Å². The third-order valence-electron chi connectivity index (χ3n) is 3.76. The third-order valence-corrected chi connectivity index (χ3v) is 3.76. The van der Waals surface area contributed by atoms with Crippen molar-refractivity contribution in [3.05, 3.63) is 51.7 Å². The summed E-state index contributed by atoms with van der Waals surface area (Å²) in [4.78, 5) is 12.1. The molecule has 2 heterocycles. The van der Waals surface area contributed by atoms with E-state index in [9.17, 15) is 4.79 Å². The Hall–Kier alpha value is -1.88. The van der Waals surface area contributed by atoms with Crippen LogP contribution in [0.3, 0.4) is 0 Å². The molecule has 0 aromatic carbocycles. The van der Waals surface area contributed by atoms with Crippen LogP contribution < -0.4 is 11.3 Å².